The van der Waals surface area contributed by atoms with E-state index >= 15 is 0 Å². The molecule has 0 saturated carbocycles. The van der Waals surface area contributed by atoms with Gasteiger partial charge in [0.05, 0.1) is 0 Å². The topological polar surface area (TPSA) is 54.0 Å². The molecule has 2 N–H and O–H groups in total. The quantitative estimate of drug-likeness (QED) is 0.655. The third-order valence-corrected chi connectivity index (χ3v) is 4.16. The van der Waals surface area contributed by atoms with Crippen LogP contribution >= 0.6 is 11.6 Å². The van der Waals surface area contributed by atoms with Crippen LogP contribution in [0.1, 0.15) is 21.5 Å². The van der Waals surface area contributed by atoms with Gasteiger partial charge in [-0.25, -0.2) is 4.98 Å². The zero-order valence-electron chi connectivity index (χ0n) is 14.3. The minimum Gasteiger partial charge on any atom is -0.366 e. The highest BCUT2D eigenvalue weighted by Gasteiger charge is 2.07. The van der Waals surface area contributed by atoms with E-state index in [9.17, 15) is 4.79 Å². The van der Waals surface area contributed by atoms with Gasteiger partial charge in [0.1, 0.15) is 5.82 Å². The molecule has 0 aliphatic rings. The molecular weight excluding hydrogens is 346 g/mol. The number of anilines is 1. The second-order valence-corrected chi connectivity index (χ2v) is 6.34. The number of nitrogens with zero attached hydrogens (tertiary/aromatic N) is 1. The summed E-state index contributed by atoms with van der Waals surface area (Å²) in [5.41, 5.74) is 2.84. The highest BCUT2D eigenvalue weighted by molar-refractivity contribution is 6.30. The molecule has 4 nitrogen and oxygen atoms in total. The molecule has 26 heavy (non-hydrogen) atoms. The van der Waals surface area contributed by atoms with Crippen molar-refractivity contribution in [3.05, 3.63) is 94.6 Å². The molecule has 132 valence electrons. The number of rotatable bonds is 7. The smallest absolute Gasteiger partial charge is 0.251 e. The van der Waals surface area contributed by atoms with Crippen molar-refractivity contribution < 1.29 is 4.79 Å². The van der Waals surface area contributed by atoms with Crippen LogP contribution in [-0.2, 0) is 13.0 Å². The predicted molar refractivity (Wildman–Crippen MR) is 105 cm³/mol. The largest absolute Gasteiger partial charge is 0.366 e. The van der Waals surface area contributed by atoms with Crippen LogP contribution in [0.2, 0.25) is 5.02 Å². The number of carbonyl (C=O) groups is 1. The van der Waals surface area contributed by atoms with Crippen LogP contribution in [-0.4, -0.2) is 17.4 Å². The van der Waals surface area contributed by atoms with Gasteiger partial charge in [0, 0.05) is 29.9 Å². The lowest BCUT2D eigenvalue weighted by Crippen LogP contribution is -2.25. The van der Waals surface area contributed by atoms with E-state index in [2.05, 4.69) is 15.6 Å². The normalized spacial score (nSPS) is 10.3. The van der Waals surface area contributed by atoms with E-state index in [0.717, 1.165) is 17.5 Å². The molecule has 0 atom stereocenters. The number of carbonyl (C=O) groups excluding carboxylic acids is 1. The maximum Gasteiger partial charge on any atom is 0.251 e. The van der Waals surface area contributed by atoms with Crippen molar-refractivity contribution in [2.24, 2.45) is 0 Å². The molecule has 0 bridgehead atoms. The summed E-state index contributed by atoms with van der Waals surface area (Å²) in [6.07, 6.45) is 2.37. The molecule has 0 unspecified atom stereocenters. The second-order valence-electron chi connectivity index (χ2n) is 5.90. The average Bonchev–Trinajstić information content (AvgIpc) is 2.67. The Labute approximate surface area is 158 Å². The molecule has 2 aromatic carbocycles. The van der Waals surface area contributed by atoms with Gasteiger partial charge in [-0.15, -0.1) is 0 Å². The molecule has 0 fully saturated rings. The number of pyridine rings is 1. The molecule has 0 aliphatic heterocycles. The van der Waals surface area contributed by atoms with E-state index < -0.39 is 0 Å². The Morgan fingerprint density at radius 1 is 0.962 bits per heavy atom. The Bertz CT molecular complexity index is 868. The van der Waals surface area contributed by atoms with Crippen molar-refractivity contribution in [3.8, 4) is 0 Å². The van der Waals surface area contributed by atoms with Crippen molar-refractivity contribution in [2.75, 3.05) is 11.9 Å². The van der Waals surface area contributed by atoms with Crippen molar-refractivity contribution in [1.82, 2.24) is 10.3 Å². The highest BCUT2D eigenvalue weighted by atomic mass is 35.5. The Hall–Kier alpha value is -2.85. The van der Waals surface area contributed by atoms with Gasteiger partial charge in [-0.1, -0.05) is 54.1 Å². The molecule has 0 aliphatic carbocycles. The van der Waals surface area contributed by atoms with Crippen molar-refractivity contribution >= 4 is 23.3 Å². The second kappa shape index (κ2) is 9.02. The SMILES string of the molecule is O=C(NCCc1cccc(Cl)c1)c1ccnc(NCc2ccccc2)c1. The van der Waals surface area contributed by atoms with E-state index in [1.807, 2.05) is 54.6 Å². The van der Waals surface area contributed by atoms with Gasteiger partial charge < -0.3 is 10.6 Å². The van der Waals surface area contributed by atoms with E-state index in [-0.39, 0.29) is 5.91 Å². The first-order chi connectivity index (χ1) is 12.7. The van der Waals surface area contributed by atoms with Gasteiger partial charge in [-0.2, -0.15) is 0 Å². The molecule has 1 heterocycles. The minimum atomic E-state index is -0.114. The Morgan fingerprint density at radius 3 is 2.58 bits per heavy atom. The van der Waals surface area contributed by atoms with E-state index in [4.69, 9.17) is 11.6 Å². The van der Waals surface area contributed by atoms with Crippen LogP contribution < -0.4 is 10.6 Å². The van der Waals surface area contributed by atoms with Gasteiger partial charge in [-0.05, 0) is 41.8 Å². The number of hydrogen-bond donors (Lipinski definition) is 2. The van der Waals surface area contributed by atoms with Crippen LogP contribution in [0.3, 0.4) is 0 Å². The van der Waals surface area contributed by atoms with Crippen molar-refractivity contribution in [2.45, 2.75) is 13.0 Å². The molecule has 1 aromatic heterocycles. The third kappa shape index (κ3) is 5.33. The lowest BCUT2D eigenvalue weighted by atomic mass is 10.1. The zero-order chi connectivity index (χ0) is 18.2. The molecule has 1 amide bonds. The lowest BCUT2D eigenvalue weighted by Gasteiger charge is -2.09. The van der Waals surface area contributed by atoms with Crippen molar-refractivity contribution in [1.29, 1.82) is 0 Å². The molecule has 5 heteroatoms. The monoisotopic (exact) mass is 365 g/mol. The van der Waals surface area contributed by atoms with E-state index in [0.29, 0.717) is 29.5 Å². The highest BCUT2D eigenvalue weighted by Crippen LogP contribution is 2.11. The minimum absolute atomic E-state index is 0.114. The van der Waals surface area contributed by atoms with Gasteiger partial charge >= 0.3 is 0 Å². The average molecular weight is 366 g/mol. The molecule has 0 spiro atoms. The summed E-state index contributed by atoms with van der Waals surface area (Å²) < 4.78 is 0. The van der Waals surface area contributed by atoms with Crippen molar-refractivity contribution in [3.63, 3.8) is 0 Å². The maximum absolute atomic E-state index is 12.3. The standard InChI is InChI=1S/C21H20ClN3O/c22-19-8-4-7-16(13-19)9-11-24-21(26)18-10-12-23-20(14-18)25-15-17-5-2-1-3-6-17/h1-8,10,12-14H,9,11,15H2,(H,23,25)(H,24,26). The first-order valence-corrected chi connectivity index (χ1v) is 8.85. The number of benzene rings is 2. The fraction of sp³-hybridized carbons (Fsp3) is 0.143. The summed E-state index contributed by atoms with van der Waals surface area (Å²) in [7, 11) is 0. The zero-order valence-corrected chi connectivity index (χ0v) is 15.0. The molecule has 0 radical (unpaired) electrons. The summed E-state index contributed by atoms with van der Waals surface area (Å²) in [6.45, 7) is 1.21. The van der Waals surface area contributed by atoms with Crippen LogP contribution in [0, 0.1) is 0 Å². The number of hydrogen-bond acceptors (Lipinski definition) is 3. The Balaban J connectivity index is 1.52. The van der Waals surface area contributed by atoms with Crippen LogP contribution in [0.5, 0.6) is 0 Å². The van der Waals surface area contributed by atoms with Crippen LogP contribution in [0.4, 0.5) is 5.82 Å². The van der Waals surface area contributed by atoms with Gasteiger partial charge in [0.2, 0.25) is 0 Å². The van der Waals surface area contributed by atoms with Crippen LogP contribution in [0.25, 0.3) is 0 Å². The summed E-state index contributed by atoms with van der Waals surface area (Å²) in [4.78, 5) is 16.6. The van der Waals surface area contributed by atoms with E-state index in [1.165, 1.54) is 0 Å². The third-order valence-electron chi connectivity index (χ3n) is 3.93. The molecular formula is C21H20ClN3O. The summed E-state index contributed by atoms with van der Waals surface area (Å²) >= 11 is 5.97. The number of halogens is 1. The first kappa shape index (κ1) is 18.0. The Morgan fingerprint density at radius 2 is 1.77 bits per heavy atom. The maximum atomic E-state index is 12.3. The summed E-state index contributed by atoms with van der Waals surface area (Å²) in [5, 5.41) is 6.87. The van der Waals surface area contributed by atoms with Gasteiger partial charge in [0.15, 0.2) is 0 Å². The fourth-order valence-electron chi connectivity index (χ4n) is 2.57. The van der Waals surface area contributed by atoms with Gasteiger partial charge in [0.25, 0.3) is 5.91 Å². The number of amides is 1. The predicted octanol–water partition coefficient (Wildman–Crippen LogP) is 4.32. The first-order valence-electron chi connectivity index (χ1n) is 8.47. The lowest BCUT2D eigenvalue weighted by molar-refractivity contribution is 0.0954. The number of aromatic nitrogens is 1. The summed E-state index contributed by atoms with van der Waals surface area (Å²) in [5.74, 6) is 0.563. The fourth-order valence-corrected chi connectivity index (χ4v) is 2.78. The molecule has 3 aromatic rings. The molecule has 0 saturated heterocycles. The molecule has 3 rings (SSSR count). The number of nitrogens with one attached hydrogen (secondary N) is 2. The van der Waals surface area contributed by atoms with Gasteiger partial charge in [-0.3, -0.25) is 4.79 Å². The van der Waals surface area contributed by atoms with E-state index in [1.54, 1.807) is 18.3 Å². The van der Waals surface area contributed by atoms with Crippen LogP contribution in [0.15, 0.2) is 72.9 Å². The summed E-state index contributed by atoms with van der Waals surface area (Å²) in [6, 6.07) is 21.2. The Kier molecular flexibility index (Phi) is 6.23.